The lowest BCUT2D eigenvalue weighted by atomic mass is 9.89. The Morgan fingerprint density at radius 2 is 1.84 bits per heavy atom. The third-order valence-corrected chi connectivity index (χ3v) is 6.14. The molecule has 2 atom stereocenters. The summed E-state index contributed by atoms with van der Waals surface area (Å²) in [6.45, 7) is 1.94. The first-order valence-electron chi connectivity index (χ1n) is 10.2. The number of hydrogen-bond acceptors (Lipinski definition) is 6. The maximum Gasteiger partial charge on any atom is 0.293 e. The molecule has 0 spiro atoms. The van der Waals surface area contributed by atoms with Crippen LogP contribution in [-0.4, -0.2) is 61.5 Å². The van der Waals surface area contributed by atoms with Gasteiger partial charge in [0.15, 0.2) is 0 Å². The quantitative estimate of drug-likeness (QED) is 0.679. The van der Waals surface area contributed by atoms with Crippen LogP contribution in [0.4, 0.5) is 5.69 Å². The van der Waals surface area contributed by atoms with Crippen LogP contribution in [0.1, 0.15) is 26.9 Å². The number of carbonyl (C=O) groups excluding carboxylic acids is 2. The number of rotatable bonds is 4. The highest BCUT2D eigenvalue weighted by molar-refractivity contribution is 6.01. The minimum atomic E-state index is -0.303. The van der Waals surface area contributed by atoms with Crippen molar-refractivity contribution in [3.05, 3.63) is 53.9 Å². The topological polar surface area (TPSA) is 107 Å². The fraction of sp³-hybridized carbons (Fsp3) is 0.381. The molecule has 1 fully saturated rings. The van der Waals surface area contributed by atoms with Crippen molar-refractivity contribution in [3.63, 3.8) is 0 Å². The molecule has 31 heavy (non-hydrogen) atoms. The van der Waals surface area contributed by atoms with E-state index in [1.807, 2.05) is 9.47 Å². The second-order valence-corrected chi connectivity index (χ2v) is 8.01. The Kier molecular flexibility index (Phi) is 4.68. The Hall–Kier alpha value is -3.69. The molecule has 1 saturated heterocycles. The molecule has 2 amide bonds. The number of carbonyl (C=O) groups is 2. The molecule has 2 aliphatic rings. The van der Waals surface area contributed by atoms with Crippen molar-refractivity contribution in [3.8, 4) is 5.75 Å². The fourth-order valence-electron chi connectivity index (χ4n) is 4.46. The van der Waals surface area contributed by atoms with Crippen molar-refractivity contribution in [2.75, 3.05) is 25.5 Å². The van der Waals surface area contributed by atoms with E-state index in [4.69, 9.17) is 4.74 Å². The van der Waals surface area contributed by atoms with Crippen molar-refractivity contribution >= 4 is 17.5 Å². The third kappa shape index (κ3) is 3.43. The summed E-state index contributed by atoms with van der Waals surface area (Å²) in [4.78, 5) is 27.6. The summed E-state index contributed by atoms with van der Waals surface area (Å²) in [5.41, 5.74) is 1.24. The first kappa shape index (κ1) is 19.3. The van der Waals surface area contributed by atoms with Crippen LogP contribution in [0.25, 0.3) is 0 Å². The lowest BCUT2D eigenvalue weighted by Crippen LogP contribution is -2.31. The lowest BCUT2D eigenvalue weighted by molar-refractivity contribution is 0.0772. The molecule has 0 unspecified atom stereocenters. The molecular weight excluding hydrogens is 398 g/mol. The number of aromatic nitrogens is 5. The molecule has 0 bridgehead atoms. The van der Waals surface area contributed by atoms with Gasteiger partial charge in [0.25, 0.3) is 11.8 Å². The van der Waals surface area contributed by atoms with Crippen LogP contribution >= 0.6 is 0 Å². The summed E-state index contributed by atoms with van der Waals surface area (Å²) in [7, 11) is 3.36. The maximum absolute atomic E-state index is 12.9. The number of amides is 2. The molecule has 160 valence electrons. The van der Waals surface area contributed by atoms with E-state index in [1.165, 1.54) is 0 Å². The van der Waals surface area contributed by atoms with E-state index in [2.05, 4.69) is 20.6 Å². The SMILES string of the molecule is COc1ccc(NC(=O)c2nnc3n2C[C@@H]2CN(C(=O)c4ccnn4C)C[C@@H]2C3)cc1. The number of aryl methyl sites for hydroxylation is 1. The van der Waals surface area contributed by atoms with Crippen LogP contribution in [0.5, 0.6) is 5.75 Å². The minimum absolute atomic E-state index is 0.0114. The summed E-state index contributed by atoms with van der Waals surface area (Å²) in [6, 6.07) is 8.86. The van der Waals surface area contributed by atoms with Crippen LogP contribution in [0, 0.1) is 11.8 Å². The zero-order valence-corrected chi connectivity index (χ0v) is 17.4. The summed E-state index contributed by atoms with van der Waals surface area (Å²) < 4.78 is 8.63. The predicted molar refractivity (Wildman–Crippen MR) is 111 cm³/mol. The Balaban J connectivity index is 1.29. The van der Waals surface area contributed by atoms with E-state index < -0.39 is 0 Å². The van der Waals surface area contributed by atoms with Gasteiger partial charge in [0.1, 0.15) is 17.3 Å². The first-order chi connectivity index (χ1) is 15.0. The van der Waals surface area contributed by atoms with E-state index >= 15 is 0 Å². The smallest absolute Gasteiger partial charge is 0.293 e. The van der Waals surface area contributed by atoms with Crippen LogP contribution < -0.4 is 10.1 Å². The Bertz CT molecular complexity index is 1130. The van der Waals surface area contributed by atoms with Crippen LogP contribution in [0.2, 0.25) is 0 Å². The van der Waals surface area contributed by atoms with Gasteiger partial charge in [-0.15, -0.1) is 10.2 Å². The summed E-state index contributed by atoms with van der Waals surface area (Å²) in [6.07, 6.45) is 2.33. The second-order valence-electron chi connectivity index (χ2n) is 8.01. The first-order valence-corrected chi connectivity index (χ1v) is 10.2. The molecule has 10 nitrogen and oxygen atoms in total. The van der Waals surface area contributed by atoms with E-state index in [0.717, 1.165) is 11.6 Å². The zero-order chi connectivity index (χ0) is 21.5. The highest BCUT2D eigenvalue weighted by Gasteiger charge is 2.41. The van der Waals surface area contributed by atoms with Gasteiger partial charge in [-0.25, -0.2) is 0 Å². The van der Waals surface area contributed by atoms with Crippen molar-refractivity contribution in [1.29, 1.82) is 0 Å². The predicted octanol–water partition coefficient (Wildman–Crippen LogP) is 1.22. The summed E-state index contributed by atoms with van der Waals surface area (Å²) in [5.74, 6) is 2.05. The Morgan fingerprint density at radius 3 is 2.55 bits per heavy atom. The number of fused-ring (bicyclic) bond motifs is 2. The van der Waals surface area contributed by atoms with Gasteiger partial charge in [-0.1, -0.05) is 0 Å². The molecule has 1 N–H and O–H groups in total. The fourth-order valence-corrected chi connectivity index (χ4v) is 4.46. The zero-order valence-electron chi connectivity index (χ0n) is 17.4. The molecule has 5 rings (SSSR count). The van der Waals surface area contributed by atoms with Crippen LogP contribution in [0.15, 0.2) is 36.5 Å². The molecule has 2 aromatic heterocycles. The van der Waals surface area contributed by atoms with Crippen molar-refractivity contribution in [1.82, 2.24) is 29.4 Å². The van der Waals surface area contributed by atoms with Gasteiger partial charge in [-0.05, 0) is 42.2 Å². The molecule has 0 saturated carbocycles. The standard InChI is InChI=1S/C21H23N7O3/c1-26-17(7-8-22-26)21(30)27-10-13-9-18-24-25-19(28(18)12-14(13)11-27)20(29)23-15-3-5-16(31-2)6-4-15/h3-8,13-14H,9-12H2,1-2H3,(H,23,29)/t13-,14-/m0/s1. The van der Waals surface area contributed by atoms with Gasteiger partial charge in [0.2, 0.25) is 5.82 Å². The van der Waals surface area contributed by atoms with E-state index in [-0.39, 0.29) is 17.7 Å². The minimum Gasteiger partial charge on any atom is -0.497 e. The Labute approximate surface area is 178 Å². The van der Waals surface area contributed by atoms with Gasteiger partial charge in [-0.3, -0.25) is 14.3 Å². The number of nitrogens with one attached hydrogen (secondary N) is 1. The number of hydrogen-bond donors (Lipinski definition) is 1. The van der Waals surface area contributed by atoms with Crippen molar-refractivity contribution in [2.24, 2.45) is 18.9 Å². The third-order valence-electron chi connectivity index (χ3n) is 6.14. The van der Waals surface area contributed by atoms with Gasteiger partial charge in [0.05, 0.1) is 7.11 Å². The Morgan fingerprint density at radius 1 is 1.06 bits per heavy atom. The number of benzene rings is 1. The molecule has 4 heterocycles. The van der Waals surface area contributed by atoms with E-state index in [1.54, 1.807) is 55.4 Å². The number of ether oxygens (including phenoxy) is 1. The van der Waals surface area contributed by atoms with E-state index in [0.29, 0.717) is 49.2 Å². The van der Waals surface area contributed by atoms with Gasteiger partial charge >= 0.3 is 0 Å². The number of methoxy groups -OCH3 is 1. The van der Waals surface area contributed by atoms with Crippen LogP contribution in [0.3, 0.4) is 0 Å². The largest absolute Gasteiger partial charge is 0.497 e. The monoisotopic (exact) mass is 421 g/mol. The normalized spacial score (nSPS) is 19.6. The molecule has 2 aliphatic heterocycles. The van der Waals surface area contributed by atoms with Gasteiger partial charge < -0.3 is 19.5 Å². The molecule has 1 aromatic carbocycles. The molecule has 3 aromatic rings. The average molecular weight is 421 g/mol. The number of likely N-dealkylation sites (tertiary alicyclic amines) is 1. The molecule has 10 heteroatoms. The average Bonchev–Trinajstić information content (AvgIpc) is 3.49. The van der Waals surface area contributed by atoms with Gasteiger partial charge in [-0.2, -0.15) is 5.10 Å². The van der Waals surface area contributed by atoms with Crippen LogP contribution in [-0.2, 0) is 20.0 Å². The highest BCUT2D eigenvalue weighted by Crippen LogP contribution is 2.33. The molecule has 0 radical (unpaired) electrons. The number of nitrogens with zero attached hydrogens (tertiary/aromatic N) is 6. The summed E-state index contributed by atoms with van der Waals surface area (Å²) in [5, 5.41) is 15.4. The maximum atomic E-state index is 12.9. The summed E-state index contributed by atoms with van der Waals surface area (Å²) >= 11 is 0. The highest BCUT2D eigenvalue weighted by atomic mass is 16.5. The lowest BCUT2D eigenvalue weighted by Gasteiger charge is -2.25. The van der Waals surface area contributed by atoms with Crippen molar-refractivity contribution in [2.45, 2.75) is 13.0 Å². The molecule has 0 aliphatic carbocycles. The van der Waals surface area contributed by atoms with Crippen molar-refractivity contribution < 1.29 is 14.3 Å². The van der Waals surface area contributed by atoms with E-state index in [9.17, 15) is 9.59 Å². The second kappa shape index (κ2) is 7.53. The number of anilines is 1. The molecular formula is C21H23N7O3. The van der Waals surface area contributed by atoms with Gasteiger partial charge in [0, 0.05) is 45.0 Å².